The Hall–Kier alpha value is -3.91. The minimum Gasteiger partial charge on any atom is -0.449 e. The van der Waals surface area contributed by atoms with Crippen LogP contribution < -0.4 is 5.32 Å². The fourth-order valence-corrected chi connectivity index (χ4v) is 3.65. The van der Waals surface area contributed by atoms with E-state index in [9.17, 15) is 9.59 Å². The van der Waals surface area contributed by atoms with Gasteiger partial charge in [-0.1, -0.05) is 60.4 Å². The summed E-state index contributed by atoms with van der Waals surface area (Å²) in [7, 11) is 0. The van der Waals surface area contributed by atoms with Gasteiger partial charge in [0.2, 0.25) is 0 Å². The van der Waals surface area contributed by atoms with Gasteiger partial charge in [0.25, 0.3) is 0 Å². The number of nitrogens with zero attached hydrogens (tertiary/aromatic N) is 1. The number of carbonyl (C=O) groups is 2. The molecule has 0 atom stereocenters. The number of aromatic nitrogens is 1. The molecule has 30 heavy (non-hydrogen) atoms. The van der Waals surface area contributed by atoms with E-state index in [-0.39, 0.29) is 12.5 Å². The quantitative estimate of drug-likeness (QED) is 0.399. The van der Waals surface area contributed by atoms with Crippen molar-refractivity contribution >= 4 is 12.4 Å². The van der Waals surface area contributed by atoms with Crippen LogP contribution in [0.25, 0.3) is 11.1 Å². The van der Waals surface area contributed by atoms with E-state index in [0.717, 1.165) is 6.29 Å². The SMILES string of the molecule is O=Cc1ccncc1C#CCCNC(=O)OCC1c2ccccc2-c2ccccc21. The largest absolute Gasteiger partial charge is 0.449 e. The van der Waals surface area contributed by atoms with Crippen molar-refractivity contribution in [2.45, 2.75) is 12.3 Å². The van der Waals surface area contributed by atoms with Gasteiger partial charge in [0.15, 0.2) is 6.29 Å². The molecule has 1 amide bonds. The van der Waals surface area contributed by atoms with Gasteiger partial charge in [-0.2, -0.15) is 0 Å². The lowest BCUT2D eigenvalue weighted by atomic mass is 9.98. The maximum atomic E-state index is 12.1. The van der Waals surface area contributed by atoms with Crippen molar-refractivity contribution in [3.8, 4) is 23.0 Å². The van der Waals surface area contributed by atoms with Gasteiger partial charge in [-0.05, 0) is 28.3 Å². The van der Waals surface area contributed by atoms with Crippen molar-refractivity contribution in [1.29, 1.82) is 0 Å². The summed E-state index contributed by atoms with van der Waals surface area (Å²) < 4.78 is 5.49. The van der Waals surface area contributed by atoms with Crippen molar-refractivity contribution < 1.29 is 14.3 Å². The summed E-state index contributed by atoms with van der Waals surface area (Å²) in [5.74, 6) is 5.87. The molecule has 0 spiro atoms. The molecule has 0 radical (unpaired) electrons. The molecule has 3 aromatic rings. The molecule has 0 bridgehead atoms. The third-order valence-corrected chi connectivity index (χ3v) is 5.07. The number of fused-ring (bicyclic) bond motifs is 3. The summed E-state index contributed by atoms with van der Waals surface area (Å²) in [6.45, 7) is 0.643. The van der Waals surface area contributed by atoms with Crippen LogP contribution >= 0.6 is 0 Å². The van der Waals surface area contributed by atoms with Crippen LogP contribution in [0.15, 0.2) is 67.0 Å². The topological polar surface area (TPSA) is 68.3 Å². The standard InChI is InChI=1S/C25H20N2O3/c28-16-19-12-14-26-15-18(19)7-5-6-13-27-25(29)30-17-24-22-10-3-1-8-20(22)21-9-2-4-11-23(21)24/h1-4,8-12,14-16,24H,6,13,17H2,(H,27,29). The summed E-state index contributed by atoms with van der Waals surface area (Å²) in [5, 5.41) is 2.72. The molecule has 5 nitrogen and oxygen atoms in total. The van der Waals surface area contributed by atoms with E-state index in [1.165, 1.54) is 22.3 Å². The number of nitrogens with one attached hydrogen (secondary N) is 1. The zero-order valence-electron chi connectivity index (χ0n) is 16.3. The number of aldehydes is 1. The third-order valence-electron chi connectivity index (χ3n) is 5.07. The lowest BCUT2D eigenvalue weighted by Gasteiger charge is -2.14. The summed E-state index contributed by atoms with van der Waals surface area (Å²) in [6, 6.07) is 18.1. The summed E-state index contributed by atoms with van der Waals surface area (Å²) in [5.41, 5.74) is 5.83. The second-order valence-corrected chi connectivity index (χ2v) is 6.88. The summed E-state index contributed by atoms with van der Waals surface area (Å²) in [4.78, 5) is 27.1. The van der Waals surface area contributed by atoms with Gasteiger partial charge in [0.1, 0.15) is 6.61 Å². The van der Waals surface area contributed by atoms with Crippen molar-refractivity contribution in [3.63, 3.8) is 0 Å². The molecular formula is C25H20N2O3. The van der Waals surface area contributed by atoms with Gasteiger partial charge in [-0.3, -0.25) is 9.78 Å². The van der Waals surface area contributed by atoms with Gasteiger partial charge in [-0.25, -0.2) is 4.79 Å². The molecule has 1 aromatic heterocycles. The van der Waals surface area contributed by atoms with Crippen LogP contribution in [0.4, 0.5) is 4.79 Å². The first-order valence-corrected chi connectivity index (χ1v) is 9.75. The lowest BCUT2D eigenvalue weighted by Crippen LogP contribution is -2.26. The molecule has 0 fully saturated rings. The minimum absolute atomic E-state index is 0.0373. The number of hydrogen-bond acceptors (Lipinski definition) is 4. The predicted octanol–water partition coefficient (Wildman–Crippen LogP) is 4.17. The molecule has 0 aliphatic heterocycles. The van der Waals surface area contributed by atoms with Gasteiger partial charge >= 0.3 is 6.09 Å². The normalized spacial score (nSPS) is 11.6. The number of benzene rings is 2. The fourth-order valence-electron chi connectivity index (χ4n) is 3.65. The van der Waals surface area contributed by atoms with Crippen LogP contribution in [0.3, 0.4) is 0 Å². The first-order valence-electron chi connectivity index (χ1n) is 9.75. The Morgan fingerprint density at radius 3 is 2.47 bits per heavy atom. The van der Waals surface area contributed by atoms with E-state index in [0.29, 0.717) is 24.1 Å². The van der Waals surface area contributed by atoms with Crippen molar-refractivity contribution in [1.82, 2.24) is 10.3 Å². The average molecular weight is 396 g/mol. The lowest BCUT2D eigenvalue weighted by molar-refractivity contribution is 0.112. The fraction of sp³-hybridized carbons (Fsp3) is 0.160. The van der Waals surface area contributed by atoms with E-state index in [1.807, 2.05) is 24.3 Å². The second kappa shape index (κ2) is 9.06. The van der Waals surface area contributed by atoms with E-state index in [4.69, 9.17) is 4.74 Å². The van der Waals surface area contributed by atoms with Crippen LogP contribution in [0.5, 0.6) is 0 Å². The minimum atomic E-state index is -0.464. The number of pyridine rings is 1. The van der Waals surface area contributed by atoms with E-state index in [2.05, 4.69) is 46.4 Å². The van der Waals surface area contributed by atoms with Crippen LogP contribution in [-0.4, -0.2) is 30.5 Å². The number of amides is 1. The maximum absolute atomic E-state index is 12.1. The van der Waals surface area contributed by atoms with Gasteiger partial charge in [0.05, 0.1) is 5.56 Å². The summed E-state index contributed by atoms with van der Waals surface area (Å²) in [6.07, 6.45) is 3.83. The van der Waals surface area contributed by atoms with E-state index in [1.54, 1.807) is 18.5 Å². The summed E-state index contributed by atoms with van der Waals surface area (Å²) >= 11 is 0. The van der Waals surface area contributed by atoms with Crippen LogP contribution in [0, 0.1) is 11.8 Å². The first kappa shape index (κ1) is 19.4. The highest BCUT2D eigenvalue weighted by molar-refractivity contribution is 5.79. The molecule has 1 N–H and O–H groups in total. The van der Waals surface area contributed by atoms with Crippen molar-refractivity contribution in [2.24, 2.45) is 0 Å². The molecular weight excluding hydrogens is 376 g/mol. The van der Waals surface area contributed by atoms with E-state index < -0.39 is 6.09 Å². The van der Waals surface area contributed by atoms with E-state index >= 15 is 0 Å². The first-order chi connectivity index (χ1) is 14.8. The number of hydrogen-bond donors (Lipinski definition) is 1. The number of carbonyl (C=O) groups excluding carboxylic acids is 2. The molecule has 0 saturated heterocycles. The number of ether oxygens (including phenoxy) is 1. The molecule has 5 heteroatoms. The second-order valence-electron chi connectivity index (χ2n) is 6.88. The smallest absolute Gasteiger partial charge is 0.407 e. The highest BCUT2D eigenvalue weighted by atomic mass is 16.5. The number of rotatable bonds is 5. The van der Waals surface area contributed by atoms with Crippen LogP contribution in [0.2, 0.25) is 0 Å². The molecule has 148 valence electrons. The molecule has 1 aliphatic rings. The highest BCUT2D eigenvalue weighted by Gasteiger charge is 2.28. The Balaban J connectivity index is 1.30. The van der Waals surface area contributed by atoms with Gasteiger partial charge in [-0.15, -0.1) is 0 Å². The third kappa shape index (κ3) is 4.08. The zero-order chi connectivity index (χ0) is 20.8. The number of alkyl carbamates (subject to hydrolysis) is 1. The zero-order valence-corrected chi connectivity index (χ0v) is 16.3. The van der Waals surface area contributed by atoms with Crippen molar-refractivity contribution in [2.75, 3.05) is 13.2 Å². The van der Waals surface area contributed by atoms with Gasteiger partial charge < -0.3 is 10.1 Å². The van der Waals surface area contributed by atoms with Crippen molar-refractivity contribution in [3.05, 3.63) is 89.2 Å². The Kier molecular flexibility index (Phi) is 5.86. The average Bonchev–Trinajstić information content (AvgIpc) is 3.11. The highest BCUT2D eigenvalue weighted by Crippen LogP contribution is 2.44. The molecule has 0 saturated carbocycles. The molecule has 0 unspecified atom stereocenters. The Morgan fingerprint density at radius 2 is 1.77 bits per heavy atom. The molecule has 2 aromatic carbocycles. The van der Waals surface area contributed by atoms with Gasteiger partial charge in [0, 0.05) is 36.8 Å². The maximum Gasteiger partial charge on any atom is 0.407 e. The predicted molar refractivity (Wildman–Crippen MR) is 114 cm³/mol. The molecule has 1 heterocycles. The van der Waals surface area contributed by atoms with Crippen LogP contribution in [-0.2, 0) is 4.74 Å². The molecule has 4 rings (SSSR count). The molecule has 1 aliphatic carbocycles. The Morgan fingerprint density at radius 1 is 1.07 bits per heavy atom. The van der Waals surface area contributed by atoms with Crippen LogP contribution in [0.1, 0.15) is 39.4 Å². The Bertz CT molecular complexity index is 1100. The Labute approximate surface area is 175 Å². The monoisotopic (exact) mass is 396 g/mol.